The molecule has 0 atom stereocenters. The second-order valence-electron chi connectivity index (χ2n) is 4.12. The largest absolute Gasteiger partial charge is 0.453 e. The van der Waals surface area contributed by atoms with Gasteiger partial charge in [0.25, 0.3) is 5.69 Å². The SMILES string of the molecule is Cc1cc([N+](=O)[O-])cc2c1Nc1ccccc1O2. The van der Waals surface area contributed by atoms with E-state index >= 15 is 0 Å². The number of aryl methyl sites for hydroxylation is 1. The molecule has 3 rings (SSSR count). The number of ether oxygens (including phenoxy) is 1. The number of nitro groups is 1. The van der Waals surface area contributed by atoms with Gasteiger partial charge in [-0.05, 0) is 24.6 Å². The van der Waals surface area contributed by atoms with E-state index in [2.05, 4.69) is 5.32 Å². The van der Waals surface area contributed by atoms with Crippen molar-refractivity contribution in [3.8, 4) is 11.5 Å². The fourth-order valence-corrected chi connectivity index (χ4v) is 1.99. The summed E-state index contributed by atoms with van der Waals surface area (Å²) >= 11 is 0. The van der Waals surface area contributed by atoms with Crippen molar-refractivity contribution in [2.75, 3.05) is 5.32 Å². The zero-order chi connectivity index (χ0) is 12.7. The summed E-state index contributed by atoms with van der Waals surface area (Å²) in [6.45, 7) is 1.82. The maximum atomic E-state index is 10.8. The van der Waals surface area contributed by atoms with Crippen LogP contribution >= 0.6 is 0 Å². The zero-order valence-corrected chi connectivity index (χ0v) is 9.64. The van der Waals surface area contributed by atoms with Crippen molar-refractivity contribution in [2.24, 2.45) is 0 Å². The summed E-state index contributed by atoms with van der Waals surface area (Å²) in [6, 6.07) is 10.4. The maximum Gasteiger partial charge on any atom is 0.273 e. The summed E-state index contributed by atoms with van der Waals surface area (Å²) in [5, 5.41) is 14.0. The topological polar surface area (TPSA) is 64.4 Å². The van der Waals surface area contributed by atoms with Gasteiger partial charge in [-0.1, -0.05) is 12.1 Å². The number of para-hydroxylation sites is 2. The normalized spacial score (nSPS) is 11.8. The van der Waals surface area contributed by atoms with Crippen LogP contribution in [-0.4, -0.2) is 4.92 Å². The second-order valence-corrected chi connectivity index (χ2v) is 4.12. The van der Waals surface area contributed by atoms with Gasteiger partial charge in [-0.2, -0.15) is 0 Å². The molecule has 5 heteroatoms. The minimum Gasteiger partial charge on any atom is -0.453 e. The van der Waals surface area contributed by atoms with Crippen LogP contribution in [0, 0.1) is 17.0 Å². The van der Waals surface area contributed by atoms with Crippen molar-refractivity contribution in [2.45, 2.75) is 6.92 Å². The first-order valence-corrected chi connectivity index (χ1v) is 5.48. The molecular weight excluding hydrogens is 232 g/mol. The number of hydrogen-bond acceptors (Lipinski definition) is 4. The second kappa shape index (κ2) is 3.73. The standard InChI is InChI=1S/C13H10N2O3/c1-8-6-9(15(16)17)7-12-13(8)14-10-4-2-3-5-11(10)18-12/h2-7,14H,1H3. The number of non-ortho nitro benzene ring substituents is 1. The van der Waals surface area contributed by atoms with Crippen LogP contribution in [-0.2, 0) is 0 Å². The first-order valence-electron chi connectivity index (χ1n) is 5.48. The highest BCUT2D eigenvalue weighted by molar-refractivity contribution is 5.79. The monoisotopic (exact) mass is 242 g/mol. The fourth-order valence-electron chi connectivity index (χ4n) is 1.99. The van der Waals surface area contributed by atoms with E-state index in [0.29, 0.717) is 11.5 Å². The molecule has 0 saturated carbocycles. The first kappa shape index (κ1) is 10.6. The Morgan fingerprint density at radius 1 is 1.22 bits per heavy atom. The Hall–Kier alpha value is -2.56. The third kappa shape index (κ3) is 1.57. The van der Waals surface area contributed by atoms with Gasteiger partial charge in [-0.3, -0.25) is 10.1 Å². The Balaban J connectivity index is 2.13. The van der Waals surface area contributed by atoms with Gasteiger partial charge in [-0.25, -0.2) is 0 Å². The van der Waals surface area contributed by atoms with Gasteiger partial charge >= 0.3 is 0 Å². The Kier molecular flexibility index (Phi) is 2.19. The van der Waals surface area contributed by atoms with Gasteiger partial charge in [0.05, 0.1) is 22.4 Å². The molecule has 1 heterocycles. The van der Waals surface area contributed by atoms with Crippen LogP contribution in [0.15, 0.2) is 36.4 Å². The number of nitro benzene ring substituents is 1. The van der Waals surface area contributed by atoms with Gasteiger partial charge in [0.2, 0.25) is 0 Å². The molecule has 0 fully saturated rings. The summed E-state index contributed by atoms with van der Waals surface area (Å²) in [5.74, 6) is 1.16. The summed E-state index contributed by atoms with van der Waals surface area (Å²) in [7, 11) is 0. The van der Waals surface area contributed by atoms with Crippen molar-refractivity contribution in [3.05, 3.63) is 52.1 Å². The molecule has 0 amide bonds. The quantitative estimate of drug-likeness (QED) is 0.521. The number of nitrogens with zero attached hydrogens (tertiary/aromatic N) is 1. The minimum atomic E-state index is -0.419. The van der Waals surface area contributed by atoms with Crippen molar-refractivity contribution in [1.82, 2.24) is 0 Å². The highest BCUT2D eigenvalue weighted by atomic mass is 16.6. The van der Waals surface area contributed by atoms with E-state index in [1.54, 1.807) is 0 Å². The predicted octanol–water partition coefficient (Wildman–Crippen LogP) is 3.75. The van der Waals surface area contributed by atoms with Gasteiger partial charge in [0.1, 0.15) is 0 Å². The van der Waals surface area contributed by atoms with Gasteiger partial charge < -0.3 is 10.1 Å². The van der Waals surface area contributed by atoms with Crippen molar-refractivity contribution in [1.29, 1.82) is 0 Å². The van der Waals surface area contributed by atoms with Crippen LogP contribution in [0.2, 0.25) is 0 Å². The molecule has 0 saturated heterocycles. The third-order valence-electron chi connectivity index (χ3n) is 2.86. The number of rotatable bonds is 1. The molecule has 1 aliphatic heterocycles. The summed E-state index contributed by atoms with van der Waals surface area (Å²) in [6.07, 6.45) is 0. The highest BCUT2D eigenvalue weighted by Gasteiger charge is 2.21. The van der Waals surface area contributed by atoms with Crippen LogP contribution < -0.4 is 10.1 Å². The molecule has 0 bridgehead atoms. The van der Waals surface area contributed by atoms with Crippen LogP contribution in [0.3, 0.4) is 0 Å². The molecule has 0 unspecified atom stereocenters. The van der Waals surface area contributed by atoms with E-state index in [-0.39, 0.29) is 5.69 Å². The lowest BCUT2D eigenvalue weighted by Gasteiger charge is -2.22. The van der Waals surface area contributed by atoms with Crippen molar-refractivity contribution in [3.63, 3.8) is 0 Å². The molecule has 2 aromatic rings. The number of hydrogen-bond donors (Lipinski definition) is 1. The smallest absolute Gasteiger partial charge is 0.273 e. The zero-order valence-electron chi connectivity index (χ0n) is 9.64. The first-order chi connectivity index (χ1) is 8.65. The molecule has 2 aromatic carbocycles. The van der Waals surface area contributed by atoms with E-state index in [1.165, 1.54) is 12.1 Å². The Labute approximate surface area is 103 Å². The number of fused-ring (bicyclic) bond motifs is 2. The Bertz CT molecular complexity index is 653. The van der Waals surface area contributed by atoms with E-state index in [9.17, 15) is 10.1 Å². The molecule has 0 spiro atoms. The summed E-state index contributed by atoms with van der Waals surface area (Å²) in [4.78, 5) is 10.4. The Morgan fingerprint density at radius 3 is 2.78 bits per heavy atom. The molecule has 0 radical (unpaired) electrons. The average Bonchev–Trinajstić information content (AvgIpc) is 2.36. The van der Waals surface area contributed by atoms with E-state index in [0.717, 1.165) is 16.9 Å². The fraction of sp³-hybridized carbons (Fsp3) is 0.0769. The van der Waals surface area contributed by atoms with Gasteiger partial charge in [0, 0.05) is 6.07 Å². The summed E-state index contributed by atoms with van der Waals surface area (Å²) < 4.78 is 5.68. The number of benzene rings is 2. The lowest BCUT2D eigenvalue weighted by atomic mass is 10.1. The van der Waals surface area contributed by atoms with Crippen LogP contribution in [0.4, 0.5) is 17.1 Å². The van der Waals surface area contributed by atoms with Gasteiger partial charge in [0.15, 0.2) is 11.5 Å². The van der Waals surface area contributed by atoms with E-state index in [1.807, 2.05) is 31.2 Å². The van der Waals surface area contributed by atoms with Crippen LogP contribution in [0.1, 0.15) is 5.56 Å². The maximum absolute atomic E-state index is 10.8. The van der Waals surface area contributed by atoms with Crippen LogP contribution in [0.25, 0.3) is 0 Å². The minimum absolute atomic E-state index is 0.0347. The summed E-state index contributed by atoms with van der Waals surface area (Å²) in [5.41, 5.74) is 2.46. The predicted molar refractivity (Wildman–Crippen MR) is 67.6 cm³/mol. The van der Waals surface area contributed by atoms with Crippen LogP contribution in [0.5, 0.6) is 11.5 Å². The average molecular weight is 242 g/mol. The van der Waals surface area contributed by atoms with Gasteiger partial charge in [-0.15, -0.1) is 0 Å². The molecule has 1 aliphatic rings. The lowest BCUT2D eigenvalue weighted by molar-refractivity contribution is -0.384. The van der Waals surface area contributed by atoms with E-state index in [4.69, 9.17) is 4.74 Å². The van der Waals surface area contributed by atoms with E-state index < -0.39 is 4.92 Å². The molecule has 90 valence electrons. The van der Waals surface area contributed by atoms with Crippen molar-refractivity contribution < 1.29 is 9.66 Å². The third-order valence-corrected chi connectivity index (χ3v) is 2.86. The molecule has 5 nitrogen and oxygen atoms in total. The molecule has 1 N–H and O–H groups in total. The number of anilines is 2. The number of nitrogens with one attached hydrogen (secondary N) is 1. The lowest BCUT2D eigenvalue weighted by Crippen LogP contribution is -2.05. The molecule has 0 aliphatic carbocycles. The Morgan fingerprint density at radius 2 is 2.00 bits per heavy atom. The molecule has 18 heavy (non-hydrogen) atoms. The molecule has 0 aromatic heterocycles. The van der Waals surface area contributed by atoms with Crippen molar-refractivity contribution >= 4 is 17.1 Å². The highest BCUT2D eigenvalue weighted by Crippen LogP contribution is 2.44. The molecular formula is C13H10N2O3.